The third-order valence-electron chi connectivity index (χ3n) is 3.27. The van der Waals surface area contributed by atoms with Crippen LogP contribution in [-0.2, 0) is 10.3 Å². The van der Waals surface area contributed by atoms with Crippen molar-refractivity contribution in [3.05, 3.63) is 35.9 Å². The van der Waals surface area contributed by atoms with Gasteiger partial charge < -0.3 is 5.73 Å². The molecule has 0 heterocycles. The lowest BCUT2D eigenvalue weighted by atomic mass is 9.82. The highest BCUT2D eigenvalue weighted by atomic mass is 16.1. The van der Waals surface area contributed by atoms with Gasteiger partial charge in [0.15, 0.2) is 5.78 Å². The molecular weight excluding hydrogens is 210 g/mol. The molecule has 0 bridgehead atoms. The van der Waals surface area contributed by atoms with E-state index in [9.17, 15) is 4.79 Å². The van der Waals surface area contributed by atoms with E-state index in [1.54, 1.807) is 6.92 Å². The van der Waals surface area contributed by atoms with E-state index in [4.69, 9.17) is 5.73 Å². The summed E-state index contributed by atoms with van der Waals surface area (Å²) in [6.07, 6.45) is 2.83. The van der Waals surface area contributed by atoms with E-state index in [-0.39, 0.29) is 5.78 Å². The van der Waals surface area contributed by atoms with Crippen LogP contribution in [0.15, 0.2) is 30.3 Å². The molecule has 17 heavy (non-hydrogen) atoms. The summed E-state index contributed by atoms with van der Waals surface area (Å²) >= 11 is 0. The van der Waals surface area contributed by atoms with Gasteiger partial charge in [-0.15, -0.1) is 0 Å². The summed E-state index contributed by atoms with van der Waals surface area (Å²) < 4.78 is 0. The Morgan fingerprint density at radius 3 is 2.35 bits per heavy atom. The number of carbonyl (C=O) groups excluding carboxylic acids is 1. The maximum absolute atomic E-state index is 11.8. The first-order valence-corrected chi connectivity index (χ1v) is 6.32. The van der Waals surface area contributed by atoms with Crippen LogP contribution in [0.2, 0.25) is 0 Å². The van der Waals surface area contributed by atoms with E-state index in [0.29, 0.717) is 5.92 Å². The van der Waals surface area contributed by atoms with Crippen LogP contribution in [-0.4, -0.2) is 5.78 Å². The molecule has 0 fully saturated rings. The van der Waals surface area contributed by atoms with Gasteiger partial charge in [0.1, 0.15) is 5.54 Å². The van der Waals surface area contributed by atoms with Crippen LogP contribution in [0.4, 0.5) is 0 Å². The summed E-state index contributed by atoms with van der Waals surface area (Å²) in [5, 5.41) is 0. The lowest BCUT2D eigenvalue weighted by molar-refractivity contribution is -0.122. The van der Waals surface area contributed by atoms with E-state index in [1.165, 1.54) is 0 Å². The predicted octanol–water partition coefficient (Wildman–Crippen LogP) is 3.26. The standard InChI is InChI=1S/C15H23NO/c1-12(2)8-7-11-15(16,13(3)17)14-9-5-4-6-10-14/h4-6,9-10,12H,7-8,11,16H2,1-3H3/t15-/m0/s1. The van der Waals surface area contributed by atoms with Gasteiger partial charge in [-0.05, 0) is 24.8 Å². The fourth-order valence-corrected chi connectivity index (χ4v) is 2.05. The first-order valence-electron chi connectivity index (χ1n) is 6.32. The van der Waals surface area contributed by atoms with Gasteiger partial charge in [0, 0.05) is 0 Å². The summed E-state index contributed by atoms with van der Waals surface area (Å²) in [5.74, 6) is 0.703. The number of hydrogen-bond acceptors (Lipinski definition) is 2. The Kier molecular flexibility index (Phi) is 4.88. The average molecular weight is 233 g/mol. The quantitative estimate of drug-likeness (QED) is 0.819. The second kappa shape index (κ2) is 5.97. The van der Waals surface area contributed by atoms with Gasteiger partial charge >= 0.3 is 0 Å². The molecule has 0 aromatic heterocycles. The van der Waals surface area contributed by atoms with E-state index >= 15 is 0 Å². The highest BCUT2D eigenvalue weighted by molar-refractivity contribution is 5.87. The molecule has 0 saturated heterocycles. The Morgan fingerprint density at radius 2 is 1.88 bits per heavy atom. The molecule has 2 heteroatoms. The van der Waals surface area contributed by atoms with Crippen molar-refractivity contribution in [2.24, 2.45) is 11.7 Å². The number of carbonyl (C=O) groups is 1. The largest absolute Gasteiger partial charge is 0.315 e. The SMILES string of the molecule is CC(=O)[C@@](N)(CCCC(C)C)c1ccccc1. The van der Waals surface area contributed by atoms with Gasteiger partial charge in [-0.25, -0.2) is 0 Å². The summed E-state index contributed by atoms with van der Waals surface area (Å²) in [6.45, 7) is 5.96. The molecule has 0 saturated carbocycles. The van der Waals surface area contributed by atoms with E-state index in [1.807, 2.05) is 30.3 Å². The molecule has 0 radical (unpaired) electrons. The van der Waals surface area contributed by atoms with Crippen molar-refractivity contribution in [2.75, 3.05) is 0 Å². The minimum atomic E-state index is -0.809. The predicted molar refractivity (Wildman–Crippen MR) is 71.7 cm³/mol. The molecule has 0 aliphatic rings. The molecule has 1 aromatic rings. The topological polar surface area (TPSA) is 43.1 Å². The number of rotatable bonds is 6. The van der Waals surface area contributed by atoms with Crippen molar-refractivity contribution in [1.29, 1.82) is 0 Å². The number of ketones is 1. The van der Waals surface area contributed by atoms with Gasteiger partial charge in [0.25, 0.3) is 0 Å². The Hall–Kier alpha value is -1.15. The van der Waals surface area contributed by atoms with Gasteiger partial charge in [-0.3, -0.25) is 4.79 Å². The highest BCUT2D eigenvalue weighted by Gasteiger charge is 2.31. The highest BCUT2D eigenvalue weighted by Crippen LogP contribution is 2.26. The smallest absolute Gasteiger partial charge is 0.154 e. The molecule has 1 rings (SSSR count). The summed E-state index contributed by atoms with van der Waals surface area (Å²) in [6, 6.07) is 9.69. The fraction of sp³-hybridized carbons (Fsp3) is 0.533. The lowest BCUT2D eigenvalue weighted by Gasteiger charge is -2.27. The first-order chi connectivity index (χ1) is 7.97. The second-order valence-electron chi connectivity index (χ2n) is 5.18. The van der Waals surface area contributed by atoms with Crippen molar-refractivity contribution in [1.82, 2.24) is 0 Å². The monoisotopic (exact) mass is 233 g/mol. The number of hydrogen-bond donors (Lipinski definition) is 1. The summed E-state index contributed by atoms with van der Waals surface area (Å²) in [5.41, 5.74) is 6.42. The molecule has 0 amide bonds. The fourth-order valence-electron chi connectivity index (χ4n) is 2.05. The van der Waals surface area contributed by atoms with Crippen LogP contribution in [0.5, 0.6) is 0 Å². The third-order valence-corrected chi connectivity index (χ3v) is 3.27. The Balaban J connectivity index is 2.80. The number of nitrogens with two attached hydrogens (primary N) is 1. The molecule has 0 aliphatic heterocycles. The van der Waals surface area contributed by atoms with Crippen molar-refractivity contribution in [3.63, 3.8) is 0 Å². The normalized spacial score (nSPS) is 14.6. The molecule has 0 unspecified atom stereocenters. The first kappa shape index (κ1) is 13.9. The maximum Gasteiger partial charge on any atom is 0.154 e. The second-order valence-corrected chi connectivity index (χ2v) is 5.18. The molecule has 94 valence electrons. The van der Waals surface area contributed by atoms with Crippen LogP contribution in [0.3, 0.4) is 0 Å². The molecule has 2 N–H and O–H groups in total. The Labute approximate surface area is 104 Å². The van der Waals surface area contributed by atoms with Crippen molar-refractivity contribution < 1.29 is 4.79 Å². The van der Waals surface area contributed by atoms with Crippen molar-refractivity contribution in [2.45, 2.75) is 45.6 Å². The third kappa shape index (κ3) is 3.67. The molecular formula is C15H23NO. The summed E-state index contributed by atoms with van der Waals surface area (Å²) in [7, 11) is 0. The Morgan fingerprint density at radius 1 is 1.29 bits per heavy atom. The molecule has 0 aliphatic carbocycles. The van der Waals surface area contributed by atoms with Crippen LogP contribution in [0.25, 0.3) is 0 Å². The molecule has 2 nitrogen and oxygen atoms in total. The number of benzene rings is 1. The molecule has 0 spiro atoms. The van der Waals surface area contributed by atoms with Crippen LogP contribution in [0, 0.1) is 5.92 Å². The van der Waals surface area contributed by atoms with E-state index < -0.39 is 5.54 Å². The maximum atomic E-state index is 11.8. The van der Waals surface area contributed by atoms with Gasteiger partial charge in [-0.2, -0.15) is 0 Å². The van der Waals surface area contributed by atoms with Crippen molar-refractivity contribution in [3.8, 4) is 0 Å². The van der Waals surface area contributed by atoms with Crippen LogP contribution < -0.4 is 5.73 Å². The lowest BCUT2D eigenvalue weighted by Crippen LogP contribution is -2.43. The van der Waals surface area contributed by atoms with Gasteiger partial charge in [-0.1, -0.05) is 57.0 Å². The molecule has 1 aromatic carbocycles. The van der Waals surface area contributed by atoms with E-state index in [2.05, 4.69) is 13.8 Å². The van der Waals surface area contributed by atoms with Crippen LogP contribution >= 0.6 is 0 Å². The van der Waals surface area contributed by atoms with Gasteiger partial charge in [0.05, 0.1) is 0 Å². The minimum Gasteiger partial charge on any atom is -0.315 e. The zero-order valence-corrected chi connectivity index (χ0v) is 11.1. The van der Waals surface area contributed by atoms with E-state index in [0.717, 1.165) is 24.8 Å². The van der Waals surface area contributed by atoms with Gasteiger partial charge in [0.2, 0.25) is 0 Å². The zero-order chi connectivity index (χ0) is 12.9. The zero-order valence-electron chi connectivity index (χ0n) is 11.1. The molecule has 1 atom stereocenters. The number of Topliss-reactive ketones (excluding diaryl/α,β-unsaturated/α-hetero) is 1. The summed E-state index contributed by atoms with van der Waals surface area (Å²) in [4.78, 5) is 11.8. The minimum absolute atomic E-state index is 0.0486. The van der Waals surface area contributed by atoms with Crippen LogP contribution in [0.1, 0.15) is 45.6 Å². The Bertz CT molecular complexity index is 358. The van der Waals surface area contributed by atoms with Crippen molar-refractivity contribution >= 4 is 5.78 Å². The average Bonchev–Trinajstić information content (AvgIpc) is 2.29.